The molecule has 0 spiro atoms. The van der Waals surface area contributed by atoms with Gasteiger partial charge in [-0.2, -0.15) is 0 Å². The van der Waals surface area contributed by atoms with Crippen LogP contribution in [0, 0.1) is 6.92 Å². The van der Waals surface area contributed by atoms with Gasteiger partial charge in [0.25, 0.3) is 5.91 Å². The van der Waals surface area contributed by atoms with Gasteiger partial charge in [-0.05, 0) is 68.4 Å². The molecular formula is C23H24N2O4S2. The molecule has 8 heteroatoms. The van der Waals surface area contributed by atoms with Crippen LogP contribution in [0.4, 0.5) is 5.69 Å². The van der Waals surface area contributed by atoms with Gasteiger partial charge in [0.1, 0.15) is 5.75 Å². The Hall–Kier alpha value is -2.81. The summed E-state index contributed by atoms with van der Waals surface area (Å²) in [5, 5.41) is 7.88. The fourth-order valence-electron chi connectivity index (χ4n) is 2.86. The maximum atomic E-state index is 12.7. The van der Waals surface area contributed by atoms with E-state index in [2.05, 4.69) is 29.6 Å². The van der Waals surface area contributed by atoms with Crippen LogP contribution in [-0.4, -0.2) is 20.9 Å². The first-order chi connectivity index (χ1) is 14.8. The highest BCUT2D eigenvalue weighted by Crippen LogP contribution is 2.29. The summed E-state index contributed by atoms with van der Waals surface area (Å²) in [5.41, 5.74) is 3.08. The zero-order valence-electron chi connectivity index (χ0n) is 17.3. The van der Waals surface area contributed by atoms with Gasteiger partial charge < -0.3 is 10.1 Å². The summed E-state index contributed by atoms with van der Waals surface area (Å²) in [6.45, 7) is 4.50. The lowest BCUT2D eigenvalue weighted by Gasteiger charge is -2.13. The third-order valence-electron chi connectivity index (χ3n) is 4.48. The molecule has 0 saturated carbocycles. The van der Waals surface area contributed by atoms with Crippen LogP contribution >= 0.6 is 11.8 Å². The maximum Gasteiger partial charge on any atom is 0.255 e. The molecule has 0 atom stereocenters. The van der Waals surface area contributed by atoms with E-state index in [4.69, 9.17) is 9.88 Å². The van der Waals surface area contributed by atoms with Crippen molar-refractivity contribution in [2.24, 2.45) is 5.14 Å². The standard InChI is InChI=1S/C23H24N2O4S2/c1-3-29-22-13-6-17(14-18(22)15-30-20-9-4-16(2)5-10-20)23(26)25-19-7-11-21(12-8-19)31(24,27)28/h4-14H,3,15H2,1-2H3,(H,25,26)(H2,24,27,28). The summed E-state index contributed by atoms with van der Waals surface area (Å²) in [7, 11) is -3.78. The number of rotatable bonds is 8. The normalized spacial score (nSPS) is 11.2. The molecule has 1 amide bonds. The van der Waals surface area contributed by atoms with Crippen LogP contribution in [0.3, 0.4) is 0 Å². The van der Waals surface area contributed by atoms with Crippen LogP contribution in [0.15, 0.2) is 76.5 Å². The monoisotopic (exact) mass is 456 g/mol. The first-order valence-electron chi connectivity index (χ1n) is 9.65. The lowest BCUT2D eigenvalue weighted by molar-refractivity contribution is 0.102. The third kappa shape index (κ3) is 6.33. The second-order valence-electron chi connectivity index (χ2n) is 6.88. The molecule has 0 fully saturated rings. The predicted molar refractivity (Wildman–Crippen MR) is 124 cm³/mol. The smallest absolute Gasteiger partial charge is 0.255 e. The van der Waals surface area contributed by atoms with Gasteiger partial charge in [0.15, 0.2) is 0 Å². The Morgan fingerprint density at radius 1 is 1.03 bits per heavy atom. The molecule has 0 unspecified atom stereocenters. The highest BCUT2D eigenvalue weighted by Gasteiger charge is 2.13. The molecule has 0 aliphatic carbocycles. The fraction of sp³-hybridized carbons (Fsp3) is 0.174. The second-order valence-corrected chi connectivity index (χ2v) is 9.49. The number of ether oxygens (including phenoxy) is 1. The van der Waals surface area contributed by atoms with E-state index in [0.717, 1.165) is 16.2 Å². The van der Waals surface area contributed by atoms with Gasteiger partial charge in [0, 0.05) is 27.5 Å². The number of carbonyl (C=O) groups is 1. The molecule has 6 nitrogen and oxygen atoms in total. The largest absolute Gasteiger partial charge is 0.494 e. The zero-order chi connectivity index (χ0) is 22.4. The van der Waals surface area contributed by atoms with Crippen molar-refractivity contribution < 1.29 is 17.9 Å². The minimum atomic E-state index is -3.78. The maximum absolute atomic E-state index is 12.7. The molecule has 3 aromatic rings. The van der Waals surface area contributed by atoms with Crippen LogP contribution in [0.25, 0.3) is 0 Å². The number of hydrogen-bond acceptors (Lipinski definition) is 5. The Kier molecular flexibility index (Phi) is 7.37. The van der Waals surface area contributed by atoms with E-state index in [1.54, 1.807) is 23.9 Å². The van der Waals surface area contributed by atoms with Gasteiger partial charge in [-0.25, -0.2) is 13.6 Å². The summed E-state index contributed by atoms with van der Waals surface area (Å²) < 4.78 is 28.5. The summed E-state index contributed by atoms with van der Waals surface area (Å²) in [6.07, 6.45) is 0. The highest BCUT2D eigenvalue weighted by molar-refractivity contribution is 7.98. The molecule has 31 heavy (non-hydrogen) atoms. The van der Waals surface area contributed by atoms with Crippen molar-refractivity contribution in [3.05, 3.63) is 83.4 Å². The van der Waals surface area contributed by atoms with Gasteiger partial charge >= 0.3 is 0 Å². The van der Waals surface area contributed by atoms with E-state index in [1.165, 1.54) is 29.8 Å². The van der Waals surface area contributed by atoms with Crippen LogP contribution in [0.5, 0.6) is 5.75 Å². The average Bonchev–Trinajstić information content (AvgIpc) is 2.74. The topological polar surface area (TPSA) is 98.5 Å². The van der Waals surface area contributed by atoms with E-state index in [1.807, 2.05) is 19.9 Å². The summed E-state index contributed by atoms with van der Waals surface area (Å²) in [4.78, 5) is 13.9. The number of sulfonamides is 1. The van der Waals surface area contributed by atoms with Crippen LogP contribution in [0.2, 0.25) is 0 Å². The van der Waals surface area contributed by atoms with Crippen LogP contribution in [0.1, 0.15) is 28.4 Å². The van der Waals surface area contributed by atoms with Crippen LogP contribution in [-0.2, 0) is 15.8 Å². The molecule has 3 rings (SSSR count). The average molecular weight is 457 g/mol. The highest BCUT2D eigenvalue weighted by atomic mass is 32.2. The van der Waals surface area contributed by atoms with Gasteiger partial charge in [-0.3, -0.25) is 4.79 Å². The number of anilines is 1. The lowest BCUT2D eigenvalue weighted by Crippen LogP contribution is -2.14. The number of benzene rings is 3. The summed E-state index contributed by atoms with van der Waals surface area (Å²) in [6, 6.07) is 19.3. The second kappa shape index (κ2) is 10.00. The Labute approximate surface area is 186 Å². The molecule has 0 radical (unpaired) electrons. The molecule has 162 valence electrons. The quantitative estimate of drug-likeness (QED) is 0.483. The van der Waals surface area contributed by atoms with Crippen molar-refractivity contribution >= 4 is 33.4 Å². The van der Waals surface area contributed by atoms with Crippen molar-refractivity contribution in [1.29, 1.82) is 0 Å². The van der Waals surface area contributed by atoms with Crippen molar-refractivity contribution in [2.45, 2.75) is 29.4 Å². The number of amides is 1. The summed E-state index contributed by atoms with van der Waals surface area (Å²) in [5.74, 6) is 1.10. The third-order valence-corrected chi connectivity index (χ3v) is 6.47. The number of aryl methyl sites for hydroxylation is 1. The number of thioether (sulfide) groups is 1. The Balaban J connectivity index is 1.76. The van der Waals surface area contributed by atoms with Crippen molar-refractivity contribution in [3.8, 4) is 5.75 Å². The molecule has 0 aliphatic rings. The summed E-state index contributed by atoms with van der Waals surface area (Å²) >= 11 is 1.67. The molecule has 3 aromatic carbocycles. The molecule has 0 saturated heterocycles. The lowest BCUT2D eigenvalue weighted by atomic mass is 10.1. The number of carbonyl (C=O) groups excluding carboxylic acids is 1. The van der Waals surface area contributed by atoms with Gasteiger partial charge in [0.05, 0.1) is 11.5 Å². The first-order valence-corrected chi connectivity index (χ1v) is 12.2. The van der Waals surface area contributed by atoms with Gasteiger partial charge in [-0.1, -0.05) is 17.7 Å². The van der Waals surface area contributed by atoms with Gasteiger partial charge in [-0.15, -0.1) is 11.8 Å². The van der Waals surface area contributed by atoms with Crippen molar-refractivity contribution in [2.75, 3.05) is 11.9 Å². The number of nitrogens with one attached hydrogen (secondary N) is 1. The predicted octanol–water partition coefficient (Wildman–Crippen LogP) is 4.59. The Morgan fingerprint density at radius 2 is 1.71 bits per heavy atom. The van der Waals surface area contributed by atoms with Crippen molar-refractivity contribution in [3.63, 3.8) is 0 Å². The minimum absolute atomic E-state index is 0.0121. The molecular weight excluding hydrogens is 432 g/mol. The Morgan fingerprint density at radius 3 is 2.32 bits per heavy atom. The van der Waals surface area contributed by atoms with Crippen molar-refractivity contribution in [1.82, 2.24) is 0 Å². The molecule has 0 aromatic heterocycles. The number of hydrogen-bond donors (Lipinski definition) is 2. The van der Waals surface area contributed by atoms with E-state index >= 15 is 0 Å². The molecule has 0 aliphatic heterocycles. The molecule has 3 N–H and O–H groups in total. The van der Waals surface area contributed by atoms with E-state index in [0.29, 0.717) is 23.6 Å². The number of primary sulfonamides is 1. The molecule has 0 heterocycles. The van der Waals surface area contributed by atoms with E-state index in [9.17, 15) is 13.2 Å². The molecule has 0 bridgehead atoms. The SMILES string of the molecule is CCOc1ccc(C(=O)Nc2ccc(S(N)(=O)=O)cc2)cc1CSc1ccc(C)cc1. The fourth-order valence-corrected chi connectivity index (χ4v) is 4.25. The zero-order valence-corrected chi connectivity index (χ0v) is 18.9. The number of nitrogens with two attached hydrogens (primary N) is 1. The van der Waals surface area contributed by atoms with E-state index < -0.39 is 10.0 Å². The minimum Gasteiger partial charge on any atom is -0.494 e. The Bertz CT molecular complexity index is 1160. The van der Waals surface area contributed by atoms with Crippen LogP contribution < -0.4 is 15.2 Å². The van der Waals surface area contributed by atoms with Gasteiger partial charge in [0.2, 0.25) is 10.0 Å². The first kappa shape index (κ1) is 22.9. The van der Waals surface area contributed by atoms with E-state index in [-0.39, 0.29) is 10.8 Å².